The zero-order valence-electron chi connectivity index (χ0n) is 9.27. The number of carbonyl (C=O) groups excluding carboxylic acids is 1. The summed E-state index contributed by atoms with van der Waals surface area (Å²) in [5, 5.41) is 0. The molecule has 0 N–H and O–H groups in total. The Morgan fingerprint density at radius 1 is 1.67 bits per heavy atom. The Morgan fingerprint density at radius 3 is 2.93 bits per heavy atom. The van der Waals surface area contributed by atoms with Gasteiger partial charge in [0.25, 0.3) is 5.82 Å². The molecular weight excluding hydrogens is 192 g/mol. The van der Waals surface area contributed by atoms with Crippen LogP contribution < -0.4 is 9.40 Å². The van der Waals surface area contributed by atoms with E-state index >= 15 is 0 Å². The third-order valence-corrected chi connectivity index (χ3v) is 2.14. The van der Waals surface area contributed by atoms with Gasteiger partial charge in [0, 0.05) is 6.08 Å². The fourth-order valence-corrected chi connectivity index (χ4v) is 1.42. The minimum absolute atomic E-state index is 0.439. The maximum absolute atomic E-state index is 11.1. The van der Waals surface area contributed by atoms with Crippen LogP contribution in [-0.2, 0) is 17.8 Å². The highest BCUT2D eigenvalue weighted by atomic mass is 16.7. The van der Waals surface area contributed by atoms with Crippen LogP contribution in [0.15, 0.2) is 25.0 Å². The highest BCUT2D eigenvalue weighted by Crippen LogP contribution is 1.98. The van der Waals surface area contributed by atoms with E-state index in [0.717, 1.165) is 31.3 Å². The normalized spacial score (nSPS) is 10.0. The molecule has 1 aromatic rings. The number of aryl methyl sites for hydroxylation is 1. The fraction of sp³-hybridized carbons (Fsp3) is 0.455. The Kier molecular flexibility index (Phi) is 4.09. The van der Waals surface area contributed by atoms with Crippen molar-refractivity contribution in [3.05, 3.63) is 30.9 Å². The zero-order valence-corrected chi connectivity index (χ0v) is 9.27. The second kappa shape index (κ2) is 5.34. The number of hydrogen-bond donors (Lipinski definition) is 0. The monoisotopic (exact) mass is 209 g/mol. The van der Waals surface area contributed by atoms with Gasteiger partial charge in [0.2, 0.25) is 0 Å². The summed E-state index contributed by atoms with van der Waals surface area (Å²) in [7, 11) is 0. The molecule has 4 nitrogen and oxygen atoms in total. The molecule has 4 heteroatoms. The molecule has 0 atom stereocenters. The number of rotatable bonds is 5. The van der Waals surface area contributed by atoms with Crippen molar-refractivity contribution in [1.82, 2.24) is 4.73 Å². The lowest BCUT2D eigenvalue weighted by Gasteiger charge is -2.00. The molecule has 0 fully saturated rings. The summed E-state index contributed by atoms with van der Waals surface area (Å²) in [4.78, 5) is 16.1. The average molecular weight is 209 g/mol. The minimum atomic E-state index is -0.439. The first-order chi connectivity index (χ1) is 7.22. The lowest BCUT2D eigenvalue weighted by atomic mass is 10.3. The van der Waals surface area contributed by atoms with Crippen molar-refractivity contribution in [2.75, 3.05) is 0 Å². The molecule has 82 valence electrons. The quantitative estimate of drug-likeness (QED) is 0.533. The molecule has 15 heavy (non-hydrogen) atoms. The summed E-state index contributed by atoms with van der Waals surface area (Å²) in [6.07, 6.45) is 6.70. The van der Waals surface area contributed by atoms with Gasteiger partial charge in [0.1, 0.15) is 6.20 Å². The van der Waals surface area contributed by atoms with E-state index in [0.29, 0.717) is 0 Å². The van der Waals surface area contributed by atoms with Gasteiger partial charge < -0.3 is 0 Å². The lowest BCUT2D eigenvalue weighted by Crippen LogP contribution is -2.37. The summed E-state index contributed by atoms with van der Waals surface area (Å²) >= 11 is 0. The van der Waals surface area contributed by atoms with E-state index in [1.165, 1.54) is 4.73 Å². The van der Waals surface area contributed by atoms with Crippen LogP contribution in [-0.4, -0.2) is 10.7 Å². The van der Waals surface area contributed by atoms with Crippen molar-refractivity contribution in [3.63, 3.8) is 0 Å². The van der Waals surface area contributed by atoms with Gasteiger partial charge >= 0.3 is 5.97 Å². The van der Waals surface area contributed by atoms with E-state index in [1.54, 1.807) is 6.20 Å². The Balaban J connectivity index is 2.91. The van der Waals surface area contributed by atoms with Crippen LogP contribution in [0.5, 0.6) is 0 Å². The van der Waals surface area contributed by atoms with Crippen LogP contribution in [0, 0.1) is 0 Å². The maximum atomic E-state index is 11.1. The molecule has 0 saturated heterocycles. The Bertz CT molecular complexity index is 355. The average Bonchev–Trinajstić information content (AvgIpc) is 2.61. The molecule has 0 aliphatic heterocycles. The van der Waals surface area contributed by atoms with E-state index in [2.05, 4.69) is 25.0 Å². The molecule has 0 saturated carbocycles. The highest BCUT2D eigenvalue weighted by molar-refractivity contribution is 5.81. The van der Waals surface area contributed by atoms with Gasteiger partial charge in [0.05, 0.1) is 13.0 Å². The van der Waals surface area contributed by atoms with E-state index in [4.69, 9.17) is 4.84 Å². The number of aromatic nitrogens is 2. The first-order valence-corrected chi connectivity index (χ1v) is 5.17. The molecule has 1 heterocycles. The van der Waals surface area contributed by atoms with Crippen molar-refractivity contribution in [1.29, 1.82) is 0 Å². The largest absolute Gasteiger partial charge is 0.381 e. The molecular formula is C11H17N2O2+. The van der Waals surface area contributed by atoms with Gasteiger partial charge in [-0.2, -0.15) is 0 Å². The van der Waals surface area contributed by atoms with Crippen molar-refractivity contribution in [2.45, 2.75) is 33.2 Å². The van der Waals surface area contributed by atoms with E-state index < -0.39 is 5.97 Å². The first-order valence-electron chi connectivity index (χ1n) is 5.17. The number of imidazole rings is 1. The van der Waals surface area contributed by atoms with Crippen LogP contribution in [0.4, 0.5) is 0 Å². The predicted octanol–water partition coefficient (Wildman–Crippen LogP) is 0.889. The van der Waals surface area contributed by atoms with Crippen molar-refractivity contribution < 1.29 is 14.2 Å². The van der Waals surface area contributed by atoms with Crippen molar-refractivity contribution >= 4 is 5.97 Å². The summed E-state index contributed by atoms with van der Waals surface area (Å²) in [5.74, 6) is 0.557. The summed E-state index contributed by atoms with van der Waals surface area (Å²) < 4.78 is 3.57. The number of hydrogen-bond acceptors (Lipinski definition) is 2. The van der Waals surface area contributed by atoms with Crippen LogP contribution in [0.1, 0.15) is 26.1 Å². The van der Waals surface area contributed by atoms with Gasteiger partial charge in [-0.05, 0) is 18.1 Å². The lowest BCUT2D eigenvalue weighted by molar-refractivity contribution is -0.701. The molecule has 0 bridgehead atoms. The van der Waals surface area contributed by atoms with Gasteiger partial charge in [-0.25, -0.2) is 9.36 Å². The van der Waals surface area contributed by atoms with Gasteiger partial charge in [-0.3, -0.25) is 4.84 Å². The van der Waals surface area contributed by atoms with Crippen LogP contribution in [0.3, 0.4) is 0 Å². The number of nitrogens with zero attached hydrogens (tertiary/aromatic N) is 2. The number of carbonyl (C=O) groups is 1. The minimum Gasteiger partial charge on any atom is -0.253 e. The van der Waals surface area contributed by atoms with Gasteiger partial charge in [-0.1, -0.05) is 13.5 Å². The second-order valence-electron chi connectivity index (χ2n) is 3.19. The van der Waals surface area contributed by atoms with Gasteiger partial charge in [-0.15, -0.1) is 0 Å². The van der Waals surface area contributed by atoms with Crippen molar-refractivity contribution in [2.24, 2.45) is 0 Å². The van der Waals surface area contributed by atoms with E-state index in [1.807, 2.05) is 6.20 Å². The molecule has 0 spiro atoms. The third-order valence-electron chi connectivity index (χ3n) is 2.14. The Morgan fingerprint density at radius 2 is 2.40 bits per heavy atom. The SMILES string of the molecule is C=CC(=O)On1cc[n+](CC)c1CCC. The molecule has 1 aromatic heterocycles. The van der Waals surface area contributed by atoms with Crippen molar-refractivity contribution in [3.8, 4) is 0 Å². The molecule has 0 radical (unpaired) electrons. The molecule has 0 amide bonds. The molecule has 0 unspecified atom stereocenters. The van der Waals surface area contributed by atoms with E-state index in [-0.39, 0.29) is 0 Å². The summed E-state index contributed by atoms with van der Waals surface area (Å²) in [6.45, 7) is 8.38. The van der Waals surface area contributed by atoms with Gasteiger partial charge in [0.15, 0.2) is 6.20 Å². The Hall–Kier alpha value is -1.58. The smallest absolute Gasteiger partial charge is 0.253 e. The highest BCUT2D eigenvalue weighted by Gasteiger charge is 2.18. The standard InChI is InChI=1S/C11H17N2O2/c1-4-7-10-12(6-3)8-9-13(10)15-11(14)5-2/h5,8-9H,2,4,6-7H2,1,3H3/q+1. The van der Waals surface area contributed by atoms with Crippen LogP contribution in [0.25, 0.3) is 0 Å². The zero-order chi connectivity index (χ0) is 11.3. The molecule has 1 rings (SSSR count). The summed E-state index contributed by atoms with van der Waals surface area (Å²) in [6, 6.07) is 0. The second-order valence-corrected chi connectivity index (χ2v) is 3.19. The fourth-order valence-electron chi connectivity index (χ4n) is 1.42. The maximum Gasteiger partial charge on any atom is 0.381 e. The predicted molar refractivity (Wildman–Crippen MR) is 56.1 cm³/mol. The molecule has 0 aromatic carbocycles. The molecule has 0 aliphatic rings. The third kappa shape index (κ3) is 2.68. The molecule has 0 aliphatic carbocycles. The topological polar surface area (TPSA) is 35.1 Å². The van der Waals surface area contributed by atoms with Crippen LogP contribution >= 0.6 is 0 Å². The summed E-state index contributed by atoms with van der Waals surface area (Å²) in [5.41, 5.74) is 0. The Labute approximate surface area is 89.7 Å². The first kappa shape index (κ1) is 11.5. The van der Waals surface area contributed by atoms with E-state index in [9.17, 15) is 4.79 Å². The van der Waals surface area contributed by atoms with Crippen LogP contribution in [0.2, 0.25) is 0 Å².